The molecule has 0 atom stereocenters. The molecule has 6 nitrogen and oxygen atoms in total. The number of rotatable bonds is 3. The average Bonchev–Trinajstić information content (AvgIpc) is 2.64. The van der Waals surface area contributed by atoms with E-state index in [1.54, 1.807) is 11.6 Å². The fourth-order valence-corrected chi connectivity index (χ4v) is 2.00. The molecule has 0 amide bonds. The first kappa shape index (κ1) is 12.1. The van der Waals surface area contributed by atoms with Gasteiger partial charge in [0.25, 0.3) is 0 Å². The average molecular weight is 238 g/mol. The monoisotopic (exact) mass is 238 g/mol. The van der Waals surface area contributed by atoms with E-state index in [9.17, 15) is 4.79 Å². The summed E-state index contributed by atoms with van der Waals surface area (Å²) in [6.45, 7) is 4.83. The van der Waals surface area contributed by atoms with E-state index >= 15 is 0 Å². The molecular weight excluding hydrogens is 220 g/mol. The zero-order chi connectivity index (χ0) is 12.4. The second-order valence-corrected chi connectivity index (χ2v) is 4.50. The highest BCUT2D eigenvalue weighted by Gasteiger charge is 2.18. The molecule has 6 heteroatoms. The maximum Gasteiger partial charge on any atom is 0.354 e. The van der Waals surface area contributed by atoms with E-state index in [2.05, 4.69) is 21.8 Å². The minimum absolute atomic E-state index is 0.245. The first-order chi connectivity index (χ1) is 8.08. The number of carboxylic acid groups (broad SMARTS) is 1. The molecule has 1 saturated heterocycles. The van der Waals surface area contributed by atoms with E-state index in [-0.39, 0.29) is 5.69 Å². The lowest BCUT2D eigenvalue weighted by atomic mass is 10.3. The Bertz CT molecular complexity index is 408. The molecule has 0 aliphatic carbocycles. The standard InChI is InChI=1S/C11H18N4O2/c1-13-3-5-15(6-4-13)8-10-12-7-9(11(16)17)14(10)2/h7H,3-6,8H2,1-2H3,(H,16,17). The SMILES string of the molecule is CN1CCN(Cc2ncc(C(=O)O)n2C)CC1. The van der Waals surface area contributed by atoms with Gasteiger partial charge in [0.1, 0.15) is 11.5 Å². The molecule has 1 aliphatic rings. The van der Waals surface area contributed by atoms with Crippen molar-refractivity contribution in [3.8, 4) is 0 Å². The lowest BCUT2D eigenvalue weighted by Crippen LogP contribution is -2.44. The quantitative estimate of drug-likeness (QED) is 0.794. The van der Waals surface area contributed by atoms with Crippen LogP contribution in [0.25, 0.3) is 0 Å². The Morgan fingerprint density at radius 1 is 1.35 bits per heavy atom. The van der Waals surface area contributed by atoms with Crippen molar-refractivity contribution in [1.29, 1.82) is 0 Å². The molecule has 2 heterocycles. The number of imidazole rings is 1. The third-order valence-electron chi connectivity index (χ3n) is 3.26. The van der Waals surface area contributed by atoms with Crippen molar-refractivity contribution < 1.29 is 9.90 Å². The van der Waals surface area contributed by atoms with Crippen LogP contribution in [0.15, 0.2) is 6.20 Å². The molecule has 0 spiro atoms. The number of likely N-dealkylation sites (N-methyl/N-ethyl adjacent to an activating group) is 1. The number of carbonyl (C=O) groups is 1. The fraction of sp³-hybridized carbons (Fsp3) is 0.636. The zero-order valence-corrected chi connectivity index (χ0v) is 10.3. The van der Waals surface area contributed by atoms with E-state index < -0.39 is 5.97 Å². The molecule has 2 rings (SSSR count). The van der Waals surface area contributed by atoms with Crippen molar-refractivity contribution >= 4 is 5.97 Å². The van der Waals surface area contributed by atoms with Gasteiger partial charge in [-0.2, -0.15) is 0 Å². The van der Waals surface area contributed by atoms with E-state index in [1.165, 1.54) is 6.20 Å². The molecular formula is C11H18N4O2. The van der Waals surface area contributed by atoms with Crippen LogP contribution in [-0.2, 0) is 13.6 Å². The molecule has 1 aromatic rings. The lowest BCUT2D eigenvalue weighted by Gasteiger charge is -2.31. The molecule has 0 bridgehead atoms. The minimum atomic E-state index is -0.926. The summed E-state index contributed by atoms with van der Waals surface area (Å²) in [5.74, 6) is -0.114. The van der Waals surface area contributed by atoms with Crippen LogP contribution in [0.1, 0.15) is 16.3 Å². The normalized spacial score (nSPS) is 18.5. The van der Waals surface area contributed by atoms with E-state index in [0.717, 1.165) is 38.5 Å². The number of carboxylic acids is 1. The Labute approximate surface area is 100 Å². The van der Waals surface area contributed by atoms with Gasteiger partial charge in [-0.15, -0.1) is 0 Å². The molecule has 0 unspecified atom stereocenters. The molecule has 1 aromatic heterocycles. The third kappa shape index (κ3) is 2.65. The van der Waals surface area contributed by atoms with Gasteiger partial charge in [-0.25, -0.2) is 9.78 Å². The molecule has 1 N–H and O–H groups in total. The van der Waals surface area contributed by atoms with E-state index in [4.69, 9.17) is 5.11 Å². The first-order valence-corrected chi connectivity index (χ1v) is 5.72. The Balaban J connectivity index is 2.01. The number of piperazine rings is 1. The van der Waals surface area contributed by atoms with Crippen LogP contribution < -0.4 is 0 Å². The van der Waals surface area contributed by atoms with Gasteiger partial charge in [0.05, 0.1) is 12.7 Å². The topological polar surface area (TPSA) is 61.6 Å². The number of aromatic carboxylic acids is 1. The Kier molecular flexibility index (Phi) is 3.44. The van der Waals surface area contributed by atoms with Crippen LogP contribution in [0.3, 0.4) is 0 Å². The van der Waals surface area contributed by atoms with Crippen molar-refractivity contribution in [3.05, 3.63) is 17.7 Å². The Hall–Kier alpha value is -1.40. The molecule has 17 heavy (non-hydrogen) atoms. The van der Waals surface area contributed by atoms with Crippen molar-refractivity contribution in [2.24, 2.45) is 7.05 Å². The van der Waals surface area contributed by atoms with Crippen molar-refractivity contribution in [2.45, 2.75) is 6.54 Å². The summed E-state index contributed by atoms with van der Waals surface area (Å²) in [6, 6.07) is 0. The highest BCUT2D eigenvalue weighted by molar-refractivity contribution is 5.85. The van der Waals surface area contributed by atoms with Crippen LogP contribution >= 0.6 is 0 Å². The van der Waals surface area contributed by atoms with E-state index in [1.807, 2.05) is 0 Å². The van der Waals surface area contributed by atoms with Crippen LogP contribution in [0.5, 0.6) is 0 Å². The number of aromatic nitrogens is 2. The predicted molar refractivity (Wildman–Crippen MR) is 62.9 cm³/mol. The van der Waals surface area contributed by atoms with E-state index in [0.29, 0.717) is 0 Å². The first-order valence-electron chi connectivity index (χ1n) is 5.72. The Morgan fingerprint density at radius 2 is 2.00 bits per heavy atom. The van der Waals surface area contributed by atoms with Crippen LogP contribution in [0.2, 0.25) is 0 Å². The molecule has 94 valence electrons. The summed E-state index contributed by atoms with van der Waals surface area (Å²) < 4.78 is 1.65. The van der Waals surface area contributed by atoms with Gasteiger partial charge >= 0.3 is 5.97 Å². The summed E-state index contributed by atoms with van der Waals surface area (Å²) in [7, 11) is 3.86. The molecule has 0 radical (unpaired) electrons. The highest BCUT2D eigenvalue weighted by atomic mass is 16.4. The maximum absolute atomic E-state index is 10.9. The van der Waals surface area contributed by atoms with Gasteiger partial charge in [-0.1, -0.05) is 0 Å². The summed E-state index contributed by atoms with van der Waals surface area (Å²) in [5.41, 5.74) is 0.245. The summed E-state index contributed by atoms with van der Waals surface area (Å²) in [4.78, 5) is 19.7. The molecule has 0 aromatic carbocycles. The van der Waals surface area contributed by atoms with Crippen LogP contribution in [0, 0.1) is 0 Å². The van der Waals surface area contributed by atoms with Crippen molar-refractivity contribution in [1.82, 2.24) is 19.4 Å². The largest absolute Gasteiger partial charge is 0.477 e. The van der Waals surface area contributed by atoms with Crippen molar-refractivity contribution in [2.75, 3.05) is 33.2 Å². The second kappa shape index (κ2) is 4.85. The van der Waals surface area contributed by atoms with Crippen LogP contribution in [-0.4, -0.2) is 63.7 Å². The van der Waals surface area contributed by atoms with Gasteiger partial charge in [0.15, 0.2) is 0 Å². The van der Waals surface area contributed by atoms with Gasteiger partial charge < -0.3 is 14.6 Å². The number of hydrogen-bond acceptors (Lipinski definition) is 4. The number of nitrogens with zero attached hydrogens (tertiary/aromatic N) is 4. The zero-order valence-electron chi connectivity index (χ0n) is 10.3. The smallest absolute Gasteiger partial charge is 0.354 e. The number of hydrogen-bond donors (Lipinski definition) is 1. The van der Waals surface area contributed by atoms with Gasteiger partial charge in [0.2, 0.25) is 0 Å². The maximum atomic E-state index is 10.9. The molecule has 0 saturated carbocycles. The van der Waals surface area contributed by atoms with Gasteiger partial charge in [-0.3, -0.25) is 4.90 Å². The fourth-order valence-electron chi connectivity index (χ4n) is 2.00. The lowest BCUT2D eigenvalue weighted by molar-refractivity contribution is 0.0685. The molecule has 1 fully saturated rings. The minimum Gasteiger partial charge on any atom is -0.477 e. The van der Waals surface area contributed by atoms with Gasteiger partial charge in [0, 0.05) is 33.2 Å². The van der Waals surface area contributed by atoms with Gasteiger partial charge in [-0.05, 0) is 7.05 Å². The predicted octanol–water partition coefficient (Wildman–Crippen LogP) is -0.134. The molecule has 1 aliphatic heterocycles. The van der Waals surface area contributed by atoms with Crippen molar-refractivity contribution in [3.63, 3.8) is 0 Å². The van der Waals surface area contributed by atoms with Crippen LogP contribution in [0.4, 0.5) is 0 Å². The summed E-state index contributed by atoms with van der Waals surface area (Å²) in [6.07, 6.45) is 1.42. The summed E-state index contributed by atoms with van der Waals surface area (Å²) >= 11 is 0. The highest BCUT2D eigenvalue weighted by Crippen LogP contribution is 2.08. The second-order valence-electron chi connectivity index (χ2n) is 4.50. The summed E-state index contributed by atoms with van der Waals surface area (Å²) in [5, 5.41) is 8.94. The Morgan fingerprint density at radius 3 is 2.53 bits per heavy atom. The third-order valence-corrected chi connectivity index (χ3v) is 3.26.